The molecule has 0 aromatic heterocycles. The van der Waals surface area contributed by atoms with Gasteiger partial charge in [0.05, 0.1) is 17.8 Å². The van der Waals surface area contributed by atoms with E-state index in [0.29, 0.717) is 13.0 Å². The molecule has 0 amide bonds. The highest BCUT2D eigenvalue weighted by molar-refractivity contribution is 4.95. The van der Waals surface area contributed by atoms with Crippen LogP contribution in [0.3, 0.4) is 0 Å². The van der Waals surface area contributed by atoms with Crippen LogP contribution in [0.5, 0.6) is 0 Å². The molecular formula is C13H29NO2. The summed E-state index contributed by atoms with van der Waals surface area (Å²) in [6.45, 7) is 12.3. The van der Waals surface area contributed by atoms with E-state index >= 15 is 0 Å². The number of aliphatic hydroxyl groups is 1. The number of hydrogen-bond acceptors (Lipinski definition) is 3. The average molecular weight is 231 g/mol. The minimum atomic E-state index is -0.675. The van der Waals surface area contributed by atoms with Crippen molar-refractivity contribution in [3.05, 3.63) is 0 Å². The van der Waals surface area contributed by atoms with Crippen molar-refractivity contribution in [2.75, 3.05) is 6.61 Å². The number of ether oxygens (including phenoxy) is 1. The molecule has 0 radical (unpaired) electrons. The molecule has 3 N–H and O–H groups in total. The van der Waals surface area contributed by atoms with Gasteiger partial charge in [-0.3, -0.25) is 0 Å². The smallest absolute Gasteiger partial charge is 0.0802 e. The van der Waals surface area contributed by atoms with Crippen LogP contribution in [0.25, 0.3) is 0 Å². The second-order valence-electron chi connectivity index (χ2n) is 6.09. The standard InChI is InChI=1S/C13H29NO2/c1-7-8-13(6,14)12(4,5)16-10-9-11(2,3)15/h15H,7-10,14H2,1-6H3. The molecular weight excluding hydrogens is 202 g/mol. The fourth-order valence-electron chi connectivity index (χ4n) is 1.54. The summed E-state index contributed by atoms with van der Waals surface area (Å²) >= 11 is 0. The Balaban J connectivity index is 4.24. The van der Waals surface area contributed by atoms with E-state index in [-0.39, 0.29) is 11.1 Å². The third-order valence-electron chi connectivity index (χ3n) is 3.32. The van der Waals surface area contributed by atoms with Crippen LogP contribution in [-0.2, 0) is 4.74 Å². The second kappa shape index (κ2) is 5.48. The summed E-state index contributed by atoms with van der Waals surface area (Å²) < 4.78 is 5.84. The summed E-state index contributed by atoms with van der Waals surface area (Å²) in [5.41, 5.74) is 4.89. The van der Waals surface area contributed by atoms with E-state index in [0.717, 1.165) is 12.8 Å². The molecule has 0 saturated carbocycles. The van der Waals surface area contributed by atoms with Crippen molar-refractivity contribution < 1.29 is 9.84 Å². The maximum Gasteiger partial charge on any atom is 0.0802 e. The number of nitrogens with two attached hydrogens (primary N) is 1. The van der Waals surface area contributed by atoms with Crippen molar-refractivity contribution in [1.82, 2.24) is 0 Å². The molecule has 0 fully saturated rings. The lowest BCUT2D eigenvalue weighted by molar-refractivity contribution is -0.0862. The molecule has 0 rings (SSSR count). The summed E-state index contributed by atoms with van der Waals surface area (Å²) in [7, 11) is 0. The van der Waals surface area contributed by atoms with E-state index in [2.05, 4.69) is 6.92 Å². The molecule has 98 valence electrons. The summed E-state index contributed by atoms with van der Waals surface area (Å²) in [5.74, 6) is 0. The second-order valence-corrected chi connectivity index (χ2v) is 6.09. The van der Waals surface area contributed by atoms with E-state index in [1.165, 1.54) is 0 Å². The lowest BCUT2D eigenvalue weighted by atomic mass is 9.81. The van der Waals surface area contributed by atoms with Gasteiger partial charge in [0.2, 0.25) is 0 Å². The Bertz CT molecular complexity index is 204. The van der Waals surface area contributed by atoms with Gasteiger partial charge in [0, 0.05) is 5.54 Å². The molecule has 0 aromatic carbocycles. The van der Waals surface area contributed by atoms with Gasteiger partial charge in [-0.2, -0.15) is 0 Å². The Hall–Kier alpha value is -0.120. The van der Waals surface area contributed by atoms with Gasteiger partial charge < -0.3 is 15.6 Å². The molecule has 0 aliphatic rings. The number of hydrogen-bond donors (Lipinski definition) is 2. The Morgan fingerprint density at radius 3 is 1.94 bits per heavy atom. The fraction of sp³-hybridized carbons (Fsp3) is 1.00. The third-order valence-corrected chi connectivity index (χ3v) is 3.32. The van der Waals surface area contributed by atoms with Crippen LogP contribution in [0, 0.1) is 0 Å². The average Bonchev–Trinajstić information content (AvgIpc) is 2.00. The highest BCUT2D eigenvalue weighted by Gasteiger charge is 2.37. The molecule has 16 heavy (non-hydrogen) atoms. The van der Waals surface area contributed by atoms with Crippen molar-refractivity contribution in [2.45, 2.75) is 77.5 Å². The highest BCUT2D eigenvalue weighted by Crippen LogP contribution is 2.28. The van der Waals surface area contributed by atoms with Crippen LogP contribution in [0.15, 0.2) is 0 Å². The Labute approximate surface area is 100 Å². The van der Waals surface area contributed by atoms with Crippen LogP contribution in [-0.4, -0.2) is 28.5 Å². The van der Waals surface area contributed by atoms with Gasteiger partial charge >= 0.3 is 0 Å². The first-order chi connectivity index (χ1) is 7.02. The van der Waals surface area contributed by atoms with Crippen LogP contribution >= 0.6 is 0 Å². The molecule has 3 nitrogen and oxygen atoms in total. The van der Waals surface area contributed by atoms with Gasteiger partial charge in [0.15, 0.2) is 0 Å². The van der Waals surface area contributed by atoms with Gasteiger partial charge in [-0.25, -0.2) is 0 Å². The molecule has 0 spiro atoms. The molecule has 1 unspecified atom stereocenters. The quantitative estimate of drug-likeness (QED) is 0.707. The largest absolute Gasteiger partial charge is 0.390 e. The molecule has 0 bridgehead atoms. The van der Waals surface area contributed by atoms with Crippen molar-refractivity contribution in [3.63, 3.8) is 0 Å². The van der Waals surface area contributed by atoms with E-state index in [9.17, 15) is 5.11 Å². The van der Waals surface area contributed by atoms with Crippen molar-refractivity contribution in [1.29, 1.82) is 0 Å². The topological polar surface area (TPSA) is 55.5 Å². The molecule has 0 saturated heterocycles. The molecule has 0 heterocycles. The maximum atomic E-state index is 9.61. The normalized spacial score (nSPS) is 17.2. The lowest BCUT2D eigenvalue weighted by Gasteiger charge is -2.41. The fourth-order valence-corrected chi connectivity index (χ4v) is 1.54. The zero-order chi connectivity index (χ0) is 13.0. The van der Waals surface area contributed by atoms with E-state index in [1.54, 1.807) is 13.8 Å². The first kappa shape index (κ1) is 15.9. The Kier molecular flexibility index (Phi) is 5.44. The monoisotopic (exact) mass is 231 g/mol. The van der Waals surface area contributed by atoms with Crippen molar-refractivity contribution >= 4 is 0 Å². The van der Waals surface area contributed by atoms with Crippen LogP contribution in [0.2, 0.25) is 0 Å². The summed E-state index contributed by atoms with van der Waals surface area (Å²) in [6.07, 6.45) is 2.60. The zero-order valence-electron chi connectivity index (χ0n) is 11.8. The minimum Gasteiger partial charge on any atom is -0.390 e. The van der Waals surface area contributed by atoms with Crippen LogP contribution in [0.1, 0.15) is 60.8 Å². The van der Waals surface area contributed by atoms with Gasteiger partial charge in [0.25, 0.3) is 0 Å². The maximum absolute atomic E-state index is 9.61. The first-order valence-corrected chi connectivity index (χ1v) is 6.17. The summed E-state index contributed by atoms with van der Waals surface area (Å²) in [4.78, 5) is 0. The first-order valence-electron chi connectivity index (χ1n) is 6.17. The van der Waals surface area contributed by atoms with Crippen LogP contribution < -0.4 is 5.73 Å². The molecule has 1 atom stereocenters. The van der Waals surface area contributed by atoms with Crippen molar-refractivity contribution in [2.24, 2.45) is 5.73 Å². The van der Waals surface area contributed by atoms with E-state index < -0.39 is 5.60 Å². The highest BCUT2D eigenvalue weighted by atomic mass is 16.5. The third kappa shape index (κ3) is 5.28. The molecule has 0 aliphatic heterocycles. The molecule has 0 aliphatic carbocycles. The van der Waals surface area contributed by atoms with Gasteiger partial charge in [0.1, 0.15) is 0 Å². The Morgan fingerprint density at radius 2 is 1.56 bits per heavy atom. The van der Waals surface area contributed by atoms with E-state index in [4.69, 9.17) is 10.5 Å². The summed E-state index contributed by atoms with van der Waals surface area (Å²) in [6, 6.07) is 0. The predicted molar refractivity (Wildman–Crippen MR) is 68.4 cm³/mol. The molecule has 3 heteroatoms. The number of rotatable bonds is 7. The predicted octanol–water partition coefficient (Wildman–Crippen LogP) is 2.46. The summed E-state index contributed by atoms with van der Waals surface area (Å²) in [5, 5.41) is 9.61. The van der Waals surface area contributed by atoms with Gasteiger partial charge in [-0.05, 0) is 47.5 Å². The van der Waals surface area contributed by atoms with Crippen LogP contribution in [0.4, 0.5) is 0 Å². The lowest BCUT2D eigenvalue weighted by Crippen LogP contribution is -2.56. The van der Waals surface area contributed by atoms with Crippen molar-refractivity contribution in [3.8, 4) is 0 Å². The zero-order valence-corrected chi connectivity index (χ0v) is 11.8. The van der Waals surface area contributed by atoms with Gasteiger partial charge in [-0.15, -0.1) is 0 Å². The molecule has 0 aromatic rings. The SMILES string of the molecule is CCCC(C)(N)C(C)(C)OCCC(C)(C)O. The minimum absolute atomic E-state index is 0.332. The van der Waals surface area contributed by atoms with E-state index in [1.807, 2.05) is 20.8 Å². The Morgan fingerprint density at radius 1 is 1.06 bits per heavy atom. The van der Waals surface area contributed by atoms with Gasteiger partial charge in [-0.1, -0.05) is 13.3 Å².